The van der Waals surface area contributed by atoms with Gasteiger partial charge in [-0.05, 0) is 25.1 Å². The van der Waals surface area contributed by atoms with Crippen LogP contribution in [0.15, 0.2) is 36.7 Å². The van der Waals surface area contributed by atoms with Gasteiger partial charge in [0.25, 0.3) is 0 Å². The lowest BCUT2D eigenvalue weighted by Gasteiger charge is -2.06. The van der Waals surface area contributed by atoms with Crippen molar-refractivity contribution in [2.24, 2.45) is 0 Å². The Morgan fingerprint density at radius 3 is 2.89 bits per heavy atom. The van der Waals surface area contributed by atoms with E-state index in [1.807, 2.05) is 17.9 Å². The molecule has 0 aliphatic carbocycles. The molecule has 0 radical (unpaired) electrons. The van der Waals surface area contributed by atoms with E-state index < -0.39 is 0 Å². The van der Waals surface area contributed by atoms with Crippen LogP contribution in [0.3, 0.4) is 0 Å². The van der Waals surface area contributed by atoms with Crippen LogP contribution in [-0.2, 0) is 19.7 Å². The van der Waals surface area contributed by atoms with Crippen LogP contribution in [0.2, 0.25) is 0 Å². The molecule has 96 valence electrons. The van der Waals surface area contributed by atoms with Crippen LogP contribution in [0.25, 0.3) is 0 Å². The van der Waals surface area contributed by atoms with Crippen molar-refractivity contribution in [1.82, 2.24) is 15.1 Å². The summed E-state index contributed by atoms with van der Waals surface area (Å²) < 4.78 is 7.56. The van der Waals surface area contributed by atoms with Crippen LogP contribution in [0, 0.1) is 0 Å². The molecule has 0 spiro atoms. The van der Waals surface area contributed by atoms with Gasteiger partial charge in [-0.2, -0.15) is 5.10 Å². The Morgan fingerprint density at radius 1 is 1.33 bits per heavy atom. The summed E-state index contributed by atoms with van der Waals surface area (Å²) in [5, 5.41) is 7.32. The quantitative estimate of drug-likeness (QED) is 0.848. The number of nitrogens with zero attached hydrogens (tertiary/aromatic N) is 2. The average molecular weight is 245 g/mol. The van der Waals surface area contributed by atoms with Crippen molar-refractivity contribution < 1.29 is 4.74 Å². The maximum absolute atomic E-state index is 5.70. The van der Waals surface area contributed by atoms with Gasteiger partial charge in [0.15, 0.2) is 5.75 Å². The summed E-state index contributed by atoms with van der Waals surface area (Å²) in [6.07, 6.45) is 3.67. The van der Waals surface area contributed by atoms with Crippen molar-refractivity contribution in [3.05, 3.63) is 47.8 Å². The molecule has 1 N–H and O–H groups in total. The second-order valence-electron chi connectivity index (χ2n) is 4.17. The first kappa shape index (κ1) is 12.6. The number of rotatable bonds is 6. The van der Waals surface area contributed by atoms with E-state index in [1.54, 1.807) is 6.20 Å². The van der Waals surface area contributed by atoms with Gasteiger partial charge in [0.2, 0.25) is 0 Å². The van der Waals surface area contributed by atoms with Crippen molar-refractivity contribution in [3.63, 3.8) is 0 Å². The normalized spacial score (nSPS) is 10.6. The van der Waals surface area contributed by atoms with Gasteiger partial charge in [-0.3, -0.25) is 4.68 Å². The first-order valence-corrected chi connectivity index (χ1v) is 6.19. The molecule has 18 heavy (non-hydrogen) atoms. The second-order valence-corrected chi connectivity index (χ2v) is 4.17. The summed E-state index contributed by atoms with van der Waals surface area (Å²) in [7, 11) is 1.95. The first-order chi connectivity index (χ1) is 8.81. The molecular formula is C14H19N3O. The summed E-state index contributed by atoms with van der Waals surface area (Å²) in [5.74, 6) is 0.816. The van der Waals surface area contributed by atoms with Crippen LogP contribution < -0.4 is 10.1 Å². The molecule has 0 aliphatic rings. The molecule has 0 aliphatic heterocycles. The third-order valence-electron chi connectivity index (χ3n) is 2.71. The van der Waals surface area contributed by atoms with Crippen LogP contribution in [0.4, 0.5) is 0 Å². The molecule has 0 fully saturated rings. The van der Waals surface area contributed by atoms with Crippen LogP contribution in [-0.4, -0.2) is 16.8 Å². The minimum absolute atomic E-state index is 0.576. The third-order valence-corrected chi connectivity index (χ3v) is 2.71. The first-order valence-electron chi connectivity index (χ1n) is 6.19. The van der Waals surface area contributed by atoms with Gasteiger partial charge in [-0.1, -0.05) is 24.3 Å². The zero-order valence-corrected chi connectivity index (χ0v) is 10.9. The molecule has 0 bridgehead atoms. The highest BCUT2D eigenvalue weighted by Crippen LogP contribution is 2.12. The van der Waals surface area contributed by atoms with Gasteiger partial charge in [0.05, 0.1) is 12.4 Å². The van der Waals surface area contributed by atoms with E-state index in [4.69, 9.17) is 4.74 Å². The summed E-state index contributed by atoms with van der Waals surface area (Å²) >= 11 is 0. The number of ether oxygens (including phenoxy) is 1. The Bertz CT molecular complexity index is 493. The highest BCUT2D eigenvalue weighted by Gasteiger charge is 2.00. The minimum Gasteiger partial charge on any atom is -0.486 e. The summed E-state index contributed by atoms with van der Waals surface area (Å²) in [4.78, 5) is 0. The summed E-state index contributed by atoms with van der Waals surface area (Å²) in [6, 6.07) is 8.39. The number of aryl methyl sites for hydroxylation is 1. The fourth-order valence-corrected chi connectivity index (χ4v) is 1.79. The molecule has 1 aromatic carbocycles. The maximum atomic E-state index is 5.70. The predicted molar refractivity (Wildman–Crippen MR) is 71.4 cm³/mol. The van der Waals surface area contributed by atoms with Crippen molar-refractivity contribution in [3.8, 4) is 5.75 Å². The molecule has 4 heteroatoms. The SMILES string of the molecule is CCn1cc(OCc2cccc(CNC)c2)cn1. The molecule has 0 amide bonds. The van der Waals surface area contributed by atoms with Crippen molar-refractivity contribution in [2.75, 3.05) is 7.05 Å². The van der Waals surface area contributed by atoms with Crippen molar-refractivity contribution >= 4 is 0 Å². The lowest BCUT2D eigenvalue weighted by molar-refractivity contribution is 0.305. The largest absolute Gasteiger partial charge is 0.486 e. The van der Waals surface area contributed by atoms with E-state index in [1.165, 1.54) is 11.1 Å². The smallest absolute Gasteiger partial charge is 0.157 e. The van der Waals surface area contributed by atoms with Gasteiger partial charge in [-0.15, -0.1) is 0 Å². The Hall–Kier alpha value is -1.81. The summed E-state index contributed by atoms with van der Waals surface area (Å²) in [6.45, 7) is 4.37. The Kier molecular flexibility index (Phi) is 4.36. The third kappa shape index (κ3) is 3.34. The lowest BCUT2D eigenvalue weighted by Crippen LogP contribution is -2.05. The Labute approximate surface area is 108 Å². The second kappa shape index (κ2) is 6.21. The van der Waals surface area contributed by atoms with Gasteiger partial charge in [0, 0.05) is 13.1 Å². The highest BCUT2D eigenvalue weighted by molar-refractivity contribution is 5.23. The van der Waals surface area contributed by atoms with Gasteiger partial charge in [-0.25, -0.2) is 0 Å². The summed E-state index contributed by atoms with van der Waals surface area (Å²) in [5.41, 5.74) is 2.44. The van der Waals surface area contributed by atoms with Gasteiger partial charge >= 0.3 is 0 Å². The van der Waals surface area contributed by atoms with E-state index in [2.05, 4.69) is 41.6 Å². The zero-order valence-electron chi connectivity index (χ0n) is 10.9. The van der Waals surface area contributed by atoms with Crippen LogP contribution >= 0.6 is 0 Å². The van der Waals surface area contributed by atoms with E-state index in [0.717, 1.165) is 18.8 Å². The van der Waals surface area contributed by atoms with E-state index in [9.17, 15) is 0 Å². The van der Waals surface area contributed by atoms with E-state index in [0.29, 0.717) is 6.61 Å². The molecule has 0 atom stereocenters. The molecule has 0 saturated carbocycles. The monoisotopic (exact) mass is 245 g/mol. The Balaban J connectivity index is 1.94. The maximum Gasteiger partial charge on any atom is 0.157 e. The fourth-order valence-electron chi connectivity index (χ4n) is 1.79. The highest BCUT2D eigenvalue weighted by atomic mass is 16.5. The topological polar surface area (TPSA) is 39.1 Å². The predicted octanol–water partition coefficient (Wildman–Crippen LogP) is 2.20. The molecule has 0 unspecified atom stereocenters. The molecule has 1 aromatic heterocycles. The molecule has 4 nitrogen and oxygen atoms in total. The fraction of sp³-hybridized carbons (Fsp3) is 0.357. The standard InChI is InChI=1S/C14H19N3O/c1-3-17-10-14(9-16-17)18-11-13-6-4-5-12(7-13)8-15-2/h4-7,9-10,15H,3,8,11H2,1-2H3. The number of nitrogens with one attached hydrogen (secondary N) is 1. The zero-order chi connectivity index (χ0) is 12.8. The number of hydrogen-bond acceptors (Lipinski definition) is 3. The Morgan fingerprint density at radius 2 is 2.17 bits per heavy atom. The van der Waals surface area contributed by atoms with Gasteiger partial charge in [0.1, 0.15) is 6.61 Å². The van der Waals surface area contributed by atoms with Crippen LogP contribution in [0.1, 0.15) is 18.1 Å². The molecule has 2 aromatic rings. The van der Waals surface area contributed by atoms with Gasteiger partial charge < -0.3 is 10.1 Å². The lowest BCUT2D eigenvalue weighted by atomic mass is 10.1. The molecule has 1 heterocycles. The number of hydrogen-bond donors (Lipinski definition) is 1. The van der Waals surface area contributed by atoms with E-state index in [-0.39, 0.29) is 0 Å². The number of benzene rings is 1. The molecule has 0 saturated heterocycles. The molecule has 2 rings (SSSR count). The minimum atomic E-state index is 0.576. The average Bonchev–Trinajstić information content (AvgIpc) is 2.85. The van der Waals surface area contributed by atoms with Crippen molar-refractivity contribution in [2.45, 2.75) is 26.6 Å². The van der Waals surface area contributed by atoms with E-state index >= 15 is 0 Å². The molecular weight excluding hydrogens is 226 g/mol. The van der Waals surface area contributed by atoms with Crippen molar-refractivity contribution in [1.29, 1.82) is 0 Å². The van der Waals surface area contributed by atoms with Crippen LogP contribution in [0.5, 0.6) is 5.75 Å². The number of aromatic nitrogens is 2.